The van der Waals surface area contributed by atoms with E-state index in [9.17, 15) is 9.59 Å². The van der Waals surface area contributed by atoms with Crippen LogP contribution < -0.4 is 5.69 Å². The highest BCUT2D eigenvalue weighted by molar-refractivity contribution is 5.79. The van der Waals surface area contributed by atoms with Crippen LogP contribution >= 0.6 is 0 Å². The number of aryl methyl sites for hydroxylation is 3. The summed E-state index contributed by atoms with van der Waals surface area (Å²) in [6.07, 6.45) is 0.983. The highest BCUT2D eigenvalue weighted by Gasteiger charge is 2.44. The highest BCUT2D eigenvalue weighted by Crippen LogP contribution is 2.31. The second-order valence-electron chi connectivity index (χ2n) is 6.93. The van der Waals surface area contributed by atoms with Crippen molar-refractivity contribution >= 4 is 5.91 Å². The van der Waals surface area contributed by atoms with E-state index in [1.165, 1.54) is 4.68 Å². The molecule has 4 heterocycles. The van der Waals surface area contributed by atoms with Crippen LogP contribution in [0.5, 0.6) is 0 Å². The molecular formula is C16H21N5O4. The van der Waals surface area contributed by atoms with Crippen molar-refractivity contribution in [3.63, 3.8) is 0 Å². The molecule has 0 N–H and O–H groups in total. The number of aromatic nitrogens is 4. The lowest BCUT2D eigenvalue weighted by atomic mass is 10.0. The third kappa shape index (κ3) is 2.58. The summed E-state index contributed by atoms with van der Waals surface area (Å²) in [5, 5.41) is 8.07. The summed E-state index contributed by atoms with van der Waals surface area (Å²) in [5.74, 6) is 1.35. The Bertz CT molecular complexity index is 875. The van der Waals surface area contributed by atoms with Gasteiger partial charge in [0, 0.05) is 19.2 Å². The van der Waals surface area contributed by atoms with Crippen LogP contribution in [0.4, 0.5) is 0 Å². The smallest absolute Gasteiger partial charge is 0.345 e. The fourth-order valence-electron chi connectivity index (χ4n) is 3.69. The summed E-state index contributed by atoms with van der Waals surface area (Å²) in [4.78, 5) is 26.6. The van der Waals surface area contributed by atoms with Crippen LogP contribution in [-0.4, -0.2) is 49.0 Å². The van der Waals surface area contributed by atoms with Gasteiger partial charge in [0.1, 0.15) is 18.0 Å². The number of amides is 1. The minimum atomic E-state index is -0.506. The van der Waals surface area contributed by atoms with Gasteiger partial charge in [0.05, 0.1) is 25.2 Å². The molecule has 4 rings (SSSR count). The van der Waals surface area contributed by atoms with Crippen LogP contribution in [0.2, 0.25) is 0 Å². The quantitative estimate of drug-likeness (QED) is 0.755. The van der Waals surface area contributed by atoms with Gasteiger partial charge in [-0.15, -0.1) is 0 Å². The van der Waals surface area contributed by atoms with Gasteiger partial charge in [-0.2, -0.15) is 5.10 Å². The number of hydrogen-bond acceptors (Lipinski definition) is 6. The lowest BCUT2D eigenvalue weighted by molar-refractivity contribution is -0.132. The van der Waals surface area contributed by atoms with Crippen LogP contribution in [0, 0.1) is 13.8 Å². The van der Waals surface area contributed by atoms with Crippen molar-refractivity contribution < 1.29 is 14.1 Å². The first-order valence-corrected chi connectivity index (χ1v) is 8.35. The van der Waals surface area contributed by atoms with Gasteiger partial charge in [-0.3, -0.25) is 9.36 Å². The molecule has 9 heteroatoms. The Labute approximate surface area is 144 Å². The first-order valence-electron chi connectivity index (χ1n) is 8.35. The van der Waals surface area contributed by atoms with Crippen molar-refractivity contribution in [1.82, 2.24) is 24.4 Å². The maximum atomic E-state index is 12.7. The summed E-state index contributed by atoms with van der Waals surface area (Å²) >= 11 is 0. The van der Waals surface area contributed by atoms with Crippen LogP contribution in [0.3, 0.4) is 0 Å². The molecule has 25 heavy (non-hydrogen) atoms. The molecule has 1 atom stereocenters. The zero-order valence-corrected chi connectivity index (χ0v) is 14.6. The molecule has 1 spiro atoms. The summed E-state index contributed by atoms with van der Waals surface area (Å²) < 4.78 is 14.1. The average molecular weight is 347 g/mol. The van der Waals surface area contributed by atoms with Crippen LogP contribution in [0.1, 0.15) is 29.3 Å². The normalized spacial score (nSPS) is 22.6. The third-order valence-electron chi connectivity index (χ3n) is 5.22. The molecule has 2 aromatic rings. The SMILES string of the molecule is Cc1noc(C)c1CC(=O)N1CCC2(C1)Cn1c(nn(C)c1=O)CO2. The first-order chi connectivity index (χ1) is 11.9. The van der Waals surface area contributed by atoms with Crippen LogP contribution in [0.15, 0.2) is 9.32 Å². The van der Waals surface area contributed by atoms with Gasteiger partial charge in [0.25, 0.3) is 0 Å². The predicted octanol–water partition coefficient (Wildman–Crippen LogP) is -0.0694. The Morgan fingerprint density at radius 1 is 1.32 bits per heavy atom. The lowest BCUT2D eigenvalue weighted by Crippen LogP contribution is -2.47. The number of hydrogen-bond donors (Lipinski definition) is 0. The van der Waals surface area contributed by atoms with E-state index in [4.69, 9.17) is 9.26 Å². The zero-order valence-electron chi connectivity index (χ0n) is 14.6. The Kier molecular flexibility index (Phi) is 3.57. The maximum Gasteiger partial charge on any atom is 0.345 e. The van der Waals surface area contributed by atoms with Gasteiger partial charge in [0.2, 0.25) is 5.91 Å². The van der Waals surface area contributed by atoms with Gasteiger partial charge >= 0.3 is 5.69 Å². The molecule has 2 aliphatic rings. The predicted molar refractivity (Wildman–Crippen MR) is 85.9 cm³/mol. The van der Waals surface area contributed by atoms with E-state index in [2.05, 4.69) is 10.3 Å². The number of nitrogens with zero attached hydrogens (tertiary/aromatic N) is 5. The minimum absolute atomic E-state index is 0.0270. The minimum Gasteiger partial charge on any atom is -0.363 e. The number of carbonyl (C=O) groups is 1. The molecule has 9 nitrogen and oxygen atoms in total. The van der Waals surface area contributed by atoms with E-state index in [-0.39, 0.29) is 18.0 Å². The van der Waals surface area contributed by atoms with E-state index < -0.39 is 5.60 Å². The maximum absolute atomic E-state index is 12.7. The lowest BCUT2D eigenvalue weighted by Gasteiger charge is -2.33. The summed E-state index contributed by atoms with van der Waals surface area (Å²) in [6, 6.07) is 0. The van der Waals surface area contributed by atoms with Gasteiger partial charge < -0.3 is 14.2 Å². The summed E-state index contributed by atoms with van der Waals surface area (Å²) in [6.45, 7) is 5.48. The summed E-state index contributed by atoms with van der Waals surface area (Å²) in [5.41, 5.74) is 0.952. The zero-order chi connectivity index (χ0) is 17.8. The van der Waals surface area contributed by atoms with Crippen molar-refractivity contribution in [3.05, 3.63) is 33.3 Å². The number of fused-ring (bicyclic) bond motifs is 1. The Morgan fingerprint density at radius 2 is 2.12 bits per heavy atom. The average Bonchev–Trinajstić information content (AvgIpc) is 3.22. The van der Waals surface area contributed by atoms with E-state index in [1.807, 2.05) is 13.8 Å². The molecule has 1 amide bonds. The van der Waals surface area contributed by atoms with E-state index in [0.717, 1.165) is 11.3 Å². The molecule has 2 aliphatic heterocycles. The fraction of sp³-hybridized carbons (Fsp3) is 0.625. The molecule has 2 aromatic heterocycles. The molecular weight excluding hydrogens is 326 g/mol. The number of rotatable bonds is 2. The van der Waals surface area contributed by atoms with Crippen LogP contribution in [0.25, 0.3) is 0 Å². The van der Waals surface area contributed by atoms with Gasteiger partial charge in [-0.1, -0.05) is 5.16 Å². The second kappa shape index (κ2) is 5.55. The van der Waals surface area contributed by atoms with Gasteiger partial charge in [-0.05, 0) is 20.3 Å². The second-order valence-corrected chi connectivity index (χ2v) is 6.93. The van der Waals surface area contributed by atoms with E-state index in [0.29, 0.717) is 44.2 Å². The topological polar surface area (TPSA) is 95.4 Å². The van der Waals surface area contributed by atoms with Gasteiger partial charge in [0.15, 0.2) is 5.82 Å². The third-order valence-corrected chi connectivity index (χ3v) is 5.22. The highest BCUT2D eigenvalue weighted by atomic mass is 16.5. The monoisotopic (exact) mass is 347 g/mol. The van der Waals surface area contributed by atoms with Gasteiger partial charge in [-0.25, -0.2) is 9.48 Å². The largest absolute Gasteiger partial charge is 0.363 e. The Balaban J connectivity index is 1.49. The molecule has 1 fully saturated rings. The summed E-state index contributed by atoms with van der Waals surface area (Å²) in [7, 11) is 1.63. The number of carbonyl (C=O) groups excluding carboxylic acids is 1. The standard InChI is InChI=1S/C16H21N5O4/c1-10-12(11(2)25-18-10)6-14(22)20-5-4-16(8-20)9-21-13(7-24-16)17-19(3)15(21)23/h4-9H2,1-3H3. The molecule has 1 unspecified atom stereocenters. The fourth-order valence-corrected chi connectivity index (χ4v) is 3.69. The molecule has 0 bridgehead atoms. The molecule has 134 valence electrons. The first kappa shape index (κ1) is 16.1. The number of likely N-dealkylation sites (tertiary alicyclic amines) is 1. The van der Waals surface area contributed by atoms with E-state index in [1.54, 1.807) is 16.5 Å². The van der Waals surface area contributed by atoms with Crippen molar-refractivity contribution in [2.45, 2.75) is 45.4 Å². The molecule has 0 aliphatic carbocycles. The van der Waals surface area contributed by atoms with Crippen molar-refractivity contribution in [1.29, 1.82) is 0 Å². The van der Waals surface area contributed by atoms with Crippen LogP contribution in [-0.2, 0) is 36.2 Å². The van der Waals surface area contributed by atoms with E-state index >= 15 is 0 Å². The Morgan fingerprint density at radius 3 is 2.84 bits per heavy atom. The van der Waals surface area contributed by atoms with Crippen molar-refractivity contribution in [2.75, 3.05) is 13.1 Å². The molecule has 0 aromatic carbocycles. The Hall–Kier alpha value is -2.42. The molecule has 1 saturated heterocycles. The molecule has 0 saturated carbocycles. The number of ether oxygens (including phenoxy) is 1. The molecule has 0 radical (unpaired) electrons. The van der Waals surface area contributed by atoms with Crippen molar-refractivity contribution in [2.24, 2.45) is 7.05 Å². The van der Waals surface area contributed by atoms with Crippen molar-refractivity contribution in [3.8, 4) is 0 Å².